The zero-order chi connectivity index (χ0) is 18.1. The number of benzene rings is 1. The topological polar surface area (TPSA) is 62.5 Å². The molecule has 26 heavy (non-hydrogen) atoms. The van der Waals surface area contributed by atoms with Gasteiger partial charge in [0.15, 0.2) is 5.65 Å². The molecule has 0 spiro atoms. The van der Waals surface area contributed by atoms with Crippen LogP contribution in [0.1, 0.15) is 40.3 Å². The maximum absolute atomic E-state index is 13.2. The highest BCUT2D eigenvalue weighted by Gasteiger charge is 2.28. The molecule has 1 saturated heterocycles. The molecule has 0 saturated carbocycles. The molecule has 0 radical (unpaired) electrons. The van der Waals surface area contributed by atoms with E-state index in [0.717, 1.165) is 31.0 Å². The summed E-state index contributed by atoms with van der Waals surface area (Å²) in [6.45, 7) is 6.31. The van der Waals surface area contributed by atoms with Crippen LogP contribution < -0.4 is 5.32 Å². The van der Waals surface area contributed by atoms with Crippen LogP contribution in [-0.2, 0) is 6.42 Å². The number of rotatable bonds is 3. The molecule has 1 unspecified atom stereocenters. The molecule has 1 aromatic carbocycles. The summed E-state index contributed by atoms with van der Waals surface area (Å²) < 4.78 is 1.86. The van der Waals surface area contributed by atoms with E-state index in [1.165, 1.54) is 11.1 Å². The minimum atomic E-state index is 0.0415. The van der Waals surface area contributed by atoms with Crippen molar-refractivity contribution >= 4 is 11.6 Å². The van der Waals surface area contributed by atoms with E-state index in [9.17, 15) is 4.79 Å². The zero-order valence-electron chi connectivity index (χ0n) is 15.1. The standard InChI is InChI=1S/C20H23N5O/c1-3-15-4-6-16(7-5-15)18-12-21-10-11-24(18)20(26)17-8-9-19-23-22-14(2)25(19)13-17/h4-9,13,18,21H,3,10-12H2,1-2H3. The number of hydrogen-bond donors (Lipinski definition) is 1. The average molecular weight is 349 g/mol. The summed E-state index contributed by atoms with van der Waals surface area (Å²) in [6.07, 6.45) is 2.86. The first kappa shape index (κ1) is 16.7. The summed E-state index contributed by atoms with van der Waals surface area (Å²) in [6, 6.07) is 12.3. The fraction of sp³-hybridized carbons (Fsp3) is 0.350. The Morgan fingerprint density at radius 3 is 2.77 bits per heavy atom. The fourth-order valence-electron chi connectivity index (χ4n) is 3.52. The van der Waals surface area contributed by atoms with Gasteiger partial charge in [0.2, 0.25) is 0 Å². The van der Waals surface area contributed by atoms with Gasteiger partial charge in [0.05, 0.1) is 11.6 Å². The Labute approximate surface area is 152 Å². The molecular weight excluding hydrogens is 326 g/mol. The van der Waals surface area contributed by atoms with E-state index in [2.05, 4.69) is 46.7 Å². The second-order valence-electron chi connectivity index (χ2n) is 6.71. The molecule has 2 aromatic heterocycles. The van der Waals surface area contributed by atoms with Gasteiger partial charge in [-0.25, -0.2) is 0 Å². The van der Waals surface area contributed by atoms with Crippen LogP contribution in [-0.4, -0.2) is 45.0 Å². The van der Waals surface area contributed by atoms with Crippen molar-refractivity contribution in [3.63, 3.8) is 0 Å². The summed E-state index contributed by atoms with van der Waals surface area (Å²) in [5.41, 5.74) is 3.90. The molecule has 0 aliphatic carbocycles. The van der Waals surface area contributed by atoms with Crippen LogP contribution >= 0.6 is 0 Å². The molecule has 1 amide bonds. The molecule has 3 heterocycles. The number of pyridine rings is 1. The first-order valence-electron chi connectivity index (χ1n) is 9.09. The lowest BCUT2D eigenvalue weighted by Gasteiger charge is -2.36. The number of nitrogens with zero attached hydrogens (tertiary/aromatic N) is 4. The first-order valence-corrected chi connectivity index (χ1v) is 9.09. The Kier molecular flexibility index (Phi) is 4.42. The molecule has 134 valence electrons. The SMILES string of the molecule is CCc1ccc(C2CNCCN2C(=O)c2ccc3nnc(C)n3c2)cc1. The number of fused-ring (bicyclic) bond motifs is 1. The van der Waals surface area contributed by atoms with E-state index in [-0.39, 0.29) is 11.9 Å². The van der Waals surface area contributed by atoms with Gasteiger partial charge in [0, 0.05) is 25.8 Å². The maximum atomic E-state index is 13.2. The van der Waals surface area contributed by atoms with Crippen LogP contribution in [0.4, 0.5) is 0 Å². The number of amides is 1. The number of aromatic nitrogens is 3. The lowest BCUT2D eigenvalue weighted by molar-refractivity contribution is 0.0634. The van der Waals surface area contributed by atoms with Crippen molar-refractivity contribution < 1.29 is 4.79 Å². The fourth-order valence-corrected chi connectivity index (χ4v) is 3.52. The lowest BCUT2D eigenvalue weighted by Crippen LogP contribution is -2.48. The van der Waals surface area contributed by atoms with Gasteiger partial charge in [-0.2, -0.15) is 0 Å². The molecule has 1 aliphatic rings. The normalized spacial score (nSPS) is 17.6. The van der Waals surface area contributed by atoms with Crippen molar-refractivity contribution in [2.45, 2.75) is 26.3 Å². The molecule has 0 bridgehead atoms. The summed E-state index contributed by atoms with van der Waals surface area (Å²) in [5.74, 6) is 0.827. The molecule has 1 aliphatic heterocycles. The third-order valence-electron chi connectivity index (χ3n) is 5.10. The van der Waals surface area contributed by atoms with E-state index >= 15 is 0 Å². The Bertz CT molecular complexity index is 931. The maximum Gasteiger partial charge on any atom is 0.255 e. The second kappa shape index (κ2) is 6.88. The van der Waals surface area contributed by atoms with Crippen molar-refractivity contribution in [2.24, 2.45) is 0 Å². The molecule has 3 aromatic rings. The Balaban J connectivity index is 1.65. The van der Waals surface area contributed by atoms with E-state index < -0.39 is 0 Å². The molecule has 1 fully saturated rings. The minimum Gasteiger partial charge on any atom is -0.329 e. The third-order valence-corrected chi connectivity index (χ3v) is 5.10. The predicted octanol–water partition coefficient (Wildman–Crippen LogP) is 2.39. The van der Waals surface area contributed by atoms with Gasteiger partial charge in [0.1, 0.15) is 5.82 Å². The van der Waals surface area contributed by atoms with Crippen LogP contribution in [0.2, 0.25) is 0 Å². The number of aryl methyl sites for hydroxylation is 2. The first-order chi connectivity index (χ1) is 12.7. The average Bonchev–Trinajstić information content (AvgIpc) is 3.08. The monoisotopic (exact) mass is 349 g/mol. The predicted molar refractivity (Wildman–Crippen MR) is 100 cm³/mol. The van der Waals surface area contributed by atoms with E-state index in [1.54, 1.807) is 0 Å². The van der Waals surface area contributed by atoms with E-state index in [0.29, 0.717) is 12.1 Å². The minimum absolute atomic E-state index is 0.0415. The molecule has 6 nitrogen and oxygen atoms in total. The van der Waals surface area contributed by atoms with Gasteiger partial charge in [-0.3, -0.25) is 9.20 Å². The largest absolute Gasteiger partial charge is 0.329 e. The van der Waals surface area contributed by atoms with Gasteiger partial charge in [-0.05, 0) is 36.6 Å². The van der Waals surface area contributed by atoms with Gasteiger partial charge < -0.3 is 10.2 Å². The Morgan fingerprint density at radius 1 is 1.19 bits per heavy atom. The van der Waals surface area contributed by atoms with Crippen LogP contribution in [0.25, 0.3) is 5.65 Å². The van der Waals surface area contributed by atoms with Crippen molar-refractivity contribution in [1.82, 2.24) is 24.8 Å². The number of carbonyl (C=O) groups excluding carboxylic acids is 1. The van der Waals surface area contributed by atoms with Crippen LogP contribution in [0.15, 0.2) is 42.6 Å². The van der Waals surface area contributed by atoms with Gasteiger partial charge in [-0.15, -0.1) is 10.2 Å². The van der Waals surface area contributed by atoms with Crippen molar-refractivity contribution in [3.8, 4) is 0 Å². The third kappa shape index (κ3) is 2.97. The Morgan fingerprint density at radius 2 is 2.00 bits per heavy atom. The second-order valence-corrected chi connectivity index (χ2v) is 6.71. The lowest BCUT2D eigenvalue weighted by atomic mass is 10.00. The molecule has 1 atom stereocenters. The molecular formula is C20H23N5O. The van der Waals surface area contributed by atoms with Crippen LogP contribution in [0.3, 0.4) is 0 Å². The Hall–Kier alpha value is -2.73. The zero-order valence-corrected chi connectivity index (χ0v) is 15.1. The summed E-state index contributed by atoms with van der Waals surface area (Å²) in [7, 11) is 0. The highest BCUT2D eigenvalue weighted by atomic mass is 16.2. The van der Waals surface area contributed by atoms with Crippen LogP contribution in [0.5, 0.6) is 0 Å². The quantitative estimate of drug-likeness (QED) is 0.789. The van der Waals surface area contributed by atoms with Gasteiger partial charge in [-0.1, -0.05) is 31.2 Å². The van der Waals surface area contributed by atoms with Crippen LogP contribution in [0, 0.1) is 6.92 Å². The van der Waals surface area contributed by atoms with Crippen molar-refractivity contribution in [2.75, 3.05) is 19.6 Å². The highest BCUT2D eigenvalue weighted by Crippen LogP contribution is 2.25. The van der Waals surface area contributed by atoms with Crippen molar-refractivity contribution in [1.29, 1.82) is 0 Å². The number of piperazine rings is 1. The molecule has 6 heteroatoms. The summed E-state index contributed by atoms with van der Waals surface area (Å²) in [5, 5.41) is 11.6. The summed E-state index contributed by atoms with van der Waals surface area (Å²) in [4.78, 5) is 15.2. The molecule has 1 N–H and O–H groups in total. The van der Waals surface area contributed by atoms with E-state index in [1.807, 2.05) is 34.6 Å². The van der Waals surface area contributed by atoms with Gasteiger partial charge >= 0.3 is 0 Å². The number of nitrogens with one attached hydrogen (secondary N) is 1. The highest BCUT2D eigenvalue weighted by molar-refractivity contribution is 5.94. The molecule has 4 rings (SSSR count). The summed E-state index contributed by atoms with van der Waals surface area (Å²) >= 11 is 0. The van der Waals surface area contributed by atoms with E-state index in [4.69, 9.17) is 0 Å². The number of carbonyl (C=O) groups is 1. The van der Waals surface area contributed by atoms with Crippen molar-refractivity contribution in [3.05, 3.63) is 65.1 Å². The number of hydrogen-bond acceptors (Lipinski definition) is 4. The smallest absolute Gasteiger partial charge is 0.255 e. The van der Waals surface area contributed by atoms with Gasteiger partial charge in [0.25, 0.3) is 5.91 Å².